The van der Waals surface area contributed by atoms with Crippen molar-refractivity contribution >= 4 is 11.9 Å². The fourth-order valence-electron chi connectivity index (χ4n) is 2.11. The van der Waals surface area contributed by atoms with Gasteiger partial charge in [-0.1, -0.05) is 0 Å². The number of hydrogen-bond donors (Lipinski definition) is 0. The van der Waals surface area contributed by atoms with Gasteiger partial charge >= 0.3 is 0 Å². The van der Waals surface area contributed by atoms with Gasteiger partial charge in [0.2, 0.25) is 5.78 Å². The van der Waals surface area contributed by atoms with E-state index >= 15 is 0 Å². The lowest BCUT2D eigenvalue weighted by Crippen LogP contribution is -2.03. The topological polar surface area (TPSA) is 57.3 Å². The Morgan fingerprint density at radius 1 is 1.25 bits per heavy atom. The van der Waals surface area contributed by atoms with Gasteiger partial charge in [-0.05, 0) is 54.6 Å². The molecule has 3 rings (SSSR count). The number of carbonyl (C=O) groups is 1. The predicted molar refractivity (Wildman–Crippen MR) is 86.0 cm³/mol. The Kier molecular flexibility index (Phi) is 4.56. The molecule has 3 aromatic rings. The van der Waals surface area contributed by atoms with E-state index in [1.807, 2.05) is 0 Å². The molecule has 0 aliphatic rings. The first-order valence-electron chi connectivity index (χ1n) is 7.29. The number of hydrogen-bond acceptors (Lipinski definition) is 4. The van der Waals surface area contributed by atoms with Crippen LogP contribution in [0, 0.1) is 5.82 Å². The van der Waals surface area contributed by atoms with Gasteiger partial charge in [-0.25, -0.2) is 4.39 Å². The Balaban J connectivity index is 1.59. The third-order valence-electron chi connectivity index (χ3n) is 3.35. The second kappa shape index (κ2) is 6.95. The maximum atomic E-state index is 12.8. The summed E-state index contributed by atoms with van der Waals surface area (Å²) in [5.41, 5.74) is 0.498. The van der Waals surface area contributed by atoms with Crippen LogP contribution in [0.15, 0.2) is 59.2 Å². The van der Waals surface area contributed by atoms with Gasteiger partial charge < -0.3 is 9.15 Å². The van der Waals surface area contributed by atoms with Crippen LogP contribution in [0.5, 0.6) is 5.75 Å². The Hall–Kier alpha value is -3.15. The van der Waals surface area contributed by atoms with Crippen LogP contribution < -0.4 is 4.74 Å². The summed E-state index contributed by atoms with van der Waals surface area (Å²) in [5, 5.41) is 3.95. The van der Waals surface area contributed by atoms with E-state index in [-0.39, 0.29) is 18.2 Å². The average molecular weight is 326 g/mol. The van der Waals surface area contributed by atoms with Crippen molar-refractivity contribution in [1.82, 2.24) is 9.78 Å². The van der Waals surface area contributed by atoms with Crippen molar-refractivity contribution in [3.05, 3.63) is 77.8 Å². The molecule has 0 amide bonds. The lowest BCUT2D eigenvalue weighted by molar-refractivity contribution is 0.103. The fraction of sp³-hybridized carbons (Fsp3) is 0.111. The van der Waals surface area contributed by atoms with E-state index in [0.717, 1.165) is 0 Å². The Bertz CT molecular complexity index is 863. The molecule has 0 aliphatic carbocycles. The summed E-state index contributed by atoms with van der Waals surface area (Å²) in [6.45, 7) is 0.217. The third kappa shape index (κ3) is 3.78. The molecule has 0 atom stereocenters. The number of ether oxygens (including phenoxy) is 1. The summed E-state index contributed by atoms with van der Waals surface area (Å²) >= 11 is 0. The summed E-state index contributed by atoms with van der Waals surface area (Å²) in [6.07, 6.45) is 4.59. The molecule has 0 aliphatic heterocycles. The number of rotatable bonds is 6. The summed E-state index contributed by atoms with van der Waals surface area (Å²) in [5.74, 6) is 1.23. The smallest absolute Gasteiger partial charge is 0.203 e. The number of furan rings is 1. The van der Waals surface area contributed by atoms with Crippen LogP contribution >= 0.6 is 0 Å². The summed E-state index contributed by atoms with van der Waals surface area (Å²) < 4.78 is 25.4. The van der Waals surface area contributed by atoms with E-state index < -0.39 is 0 Å². The average Bonchev–Trinajstić information content (AvgIpc) is 3.21. The second-order valence-electron chi connectivity index (χ2n) is 5.08. The molecule has 0 radical (unpaired) electrons. The van der Waals surface area contributed by atoms with Gasteiger partial charge in [-0.2, -0.15) is 5.10 Å². The first-order chi connectivity index (χ1) is 11.6. The first kappa shape index (κ1) is 15.7. The van der Waals surface area contributed by atoms with Crippen LogP contribution in [0.25, 0.3) is 6.08 Å². The molecule has 2 heterocycles. The van der Waals surface area contributed by atoms with E-state index in [4.69, 9.17) is 9.15 Å². The van der Waals surface area contributed by atoms with Crippen molar-refractivity contribution < 1.29 is 18.3 Å². The molecule has 0 saturated carbocycles. The number of nitrogens with zero attached hydrogens (tertiary/aromatic N) is 2. The number of aryl methyl sites for hydroxylation is 1. The highest BCUT2D eigenvalue weighted by Gasteiger charge is 2.07. The maximum absolute atomic E-state index is 12.8. The minimum absolute atomic E-state index is 0.157. The molecular weight excluding hydrogens is 311 g/mol. The number of ketones is 1. The van der Waals surface area contributed by atoms with Crippen molar-refractivity contribution in [1.29, 1.82) is 0 Å². The molecule has 5 nitrogen and oxygen atoms in total. The minimum Gasteiger partial charge on any atom is -0.486 e. The quantitative estimate of drug-likeness (QED) is 0.513. The molecule has 0 fully saturated rings. The van der Waals surface area contributed by atoms with Gasteiger partial charge in [0.15, 0.2) is 0 Å². The lowest BCUT2D eigenvalue weighted by atomic mass is 10.2. The Labute approximate surface area is 138 Å². The summed E-state index contributed by atoms with van der Waals surface area (Å²) in [4.78, 5) is 12.0. The van der Waals surface area contributed by atoms with Crippen LogP contribution in [0.3, 0.4) is 0 Å². The molecule has 0 N–H and O–H groups in total. The molecule has 0 bridgehead atoms. The monoisotopic (exact) mass is 326 g/mol. The fourth-order valence-corrected chi connectivity index (χ4v) is 2.11. The number of aromatic nitrogens is 2. The molecule has 0 saturated heterocycles. The van der Waals surface area contributed by atoms with Crippen LogP contribution in [0.2, 0.25) is 0 Å². The van der Waals surface area contributed by atoms with Crippen LogP contribution in [-0.2, 0) is 13.7 Å². The van der Waals surface area contributed by atoms with Crippen LogP contribution in [0.1, 0.15) is 22.0 Å². The van der Waals surface area contributed by atoms with Gasteiger partial charge in [0.05, 0.1) is 0 Å². The minimum atomic E-state index is -0.314. The highest BCUT2D eigenvalue weighted by atomic mass is 19.1. The third-order valence-corrected chi connectivity index (χ3v) is 3.35. The number of halogens is 1. The summed E-state index contributed by atoms with van der Waals surface area (Å²) in [6, 6.07) is 10.9. The van der Waals surface area contributed by atoms with Crippen LogP contribution in [-0.4, -0.2) is 15.6 Å². The molecule has 24 heavy (non-hydrogen) atoms. The maximum Gasteiger partial charge on any atom is 0.203 e. The van der Waals surface area contributed by atoms with E-state index in [1.165, 1.54) is 22.9 Å². The van der Waals surface area contributed by atoms with Crippen molar-refractivity contribution in [2.75, 3.05) is 0 Å². The van der Waals surface area contributed by atoms with Crippen molar-refractivity contribution in [3.8, 4) is 5.75 Å². The zero-order valence-electron chi connectivity index (χ0n) is 13.0. The predicted octanol–water partition coefficient (Wildman–Crippen LogP) is 3.63. The highest BCUT2D eigenvalue weighted by Crippen LogP contribution is 2.16. The second-order valence-corrected chi connectivity index (χ2v) is 5.08. The SMILES string of the molecule is Cn1nccc1C(=O)/C=C\c1ccc(COc2ccc(F)cc2)o1. The van der Waals surface area contributed by atoms with E-state index in [2.05, 4.69) is 5.10 Å². The number of benzene rings is 1. The number of carbonyl (C=O) groups excluding carboxylic acids is 1. The molecule has 2 aromatic heterocycles. The van der Waals surface area contributed by atoms with Gasteiger partial charge in [0.25, 0.3) is 0 Å². The van der Waals surface area contributed by atoms with Gasteiger partial charge in [-0.3, -0.25) is 9.48 Å². The van der Waals surface area contributed by atoms with Gasteiger partial charge in [0, 0.05) is 13.2 Å². The molecular formula is C18H15FN2O3. The molecule has 0 spiro atoms. The van der Waals surface area contributed by atoms with E-state index in [0.29, 0.717) is 23.0 Å². The number of allylic oxidation sites excluding steroid dienone is 1. The van der Waals surface area contributed by atoms with Gasteiger partial charge in [-0.15, -0.1) is 0 Å². The lowest BCUT2D eigenvalue weighted by Gasteiger charge is -2.03. The molecule has 122 valence electrons. The summed E-state index contributed by atoms with van der Waals surface area (Å²) in [7, 11) is 1.71. The van der Waals surface area contributed by atoms with E-state index in [9.17, 15) is 9.18 Å². The van der Waals surface area contributed by atoms with Crippen LogP contribution in [0.4, 0.5) is 4.39 Å². The highest BCUT2D eigenvalue weighted by molar-refractivity contribution is 6.05. The standard InChI is InChI=1S/C18H15FN2O3/c1-21-17(10-11-20-21)18(22)9-8-15-6-7-16(24-15)12-23-14-4-2-13(19)3-5-14/h2-11H,12H2,1H3/b9-8-. The van der Waals surface area contributed by atoms with Crippen molar-refractivity contribution in [3.63, 3.8) is 0 Å². The Morgan fingerprint density at radius 2 is 2.04 bits per heavy atom. The zero-order valence-corrected chi connectivity index (χ0v) is 13.0. The molecule has 6 heteroatoms. The van der Waals surface area contributed by atoms with Crippen molar-refractivity contribution in [2.24, 2.45) is 7.05 Å². The van der Waals surface area contributed by atoms with E-state index in [1.54, 1.807) is 49.7 Å². The van der Waals surface area contributed by atoms with Crippen molar-refractivity contribution in [2.45, 2.75) is 6.61 Å². The molecule has 1 aromatic carbocycles. The first-order valence-corrected chi connectivity index (χ1v) is 7.29. The van der Waals surface area contributed by atoms with Gasteiger partial charge in [0.1, 0.15) is 35.4 Å². The molecule has 0 unspecified atom stereocenters. The Morgan fingerprint density at radius 3 is 2.75 bits per heavy atom. The largest absolute Gasteiger partial charge is 0.486 e. The normalized spacial score (nSPS) is 11.1. The zero-order chi connectivity index (χ0) is 16.9.